The van der Waals surface area contributed by atoms with Gasteiger partial charge in [0.25, 0.3) is 0 Å². The van der Waals surface area contributed by atoms with Crippen molar-refractivity contribution < 1.29 is 27.8 Å². The smallest absolute Gasteiger partial charge is 0.475 e. The molecule has 0 bridgehead atoms. The molecule has 0 aromatic carbocycles. The van der Waals surface area contributed by atoms with E-state index in [0.29, 0.717) is 5.92 Å². The highest BCUT2D eigenvalue weighted by Crippen LogP contribution is 2.29. The standard InChI is InChI=1S/C17H24N4OS.C2HF3O2/c1-13-19-16(12-23-13)8-20-6-15(11-22-10-14-2-3-14)7-21-5-4-18-17(21)9-20;3-2(4,5)1(6)7/h4-5,12,14-15H,2-3,6-11H2,1H3;(H,6,7). The summed E-state index contributed by atoms with van der Waals surface area (Å²) in [6.45, 7) is 7.70. The van der Waals surface area contributed by atoms with Gasteiger partial charge in [-0.15, -0.1) is 11.3 Å². The van der Waals surface area contributed by atoms with Crippen LogP contribution in [0.1, 0.15) is 29.4 Å². The molecule has 11 heteroatoms. The molecule has 1 atom stereocenters. The average molecular weight is 446 g/mol. The van der Waals surface area contributed by atoms with Crippen LogP contribution in [-0.2, 0) is 29.2 Å². The number of nitrogens with zero attached hydrogens (tertiary/aromatic N) is 4. The quantitative estimate of drug-likeness (QED) is 0.733. The van der Waals surface area contributed by atoms with Crippen LogP contribution in [0.2, 0.25) is 0 Å². The fraction of sp³-hybridized carbons (Fsp3) is 0.632. The minimum Gasteiger partial charge on any atom is -0.475 e. The van der Waals surface area contributed by atoms with E-state index in [-0.39, 0.29) is 0 Å². The van der Waals surface area contributed by atoms with E-state index in [1.54, 1.807) is 11.3 Å². The first-order valence-electron chi connectivity index (χ1n) is 9.72. The number of ether oxygens (including phenoxy) is 1. The zero-order valence-corrected chi connectivity index (χ0v) is 17.5. The van der Waals surface area contributed by atoms with Crippen molar-refractivity contribution in [1.82, 2.24) is 19.4 Å². The van der Waals surface area contributed by atoms with Crippen LogP contribution < -0.4 is 0 Å². The second kappa shape index (κ2) is 9.88. The van der Waals surface area contributed by atoms with Crippen molar-refractivity contribution in [3.8, 4) is 0 Å². The van der Waals surface area contributed by atoms with E-state index in [2.05, 4.69) is 37.9 Å². The summed E-state index contributed by atoms with van der Waals surface area (Å²) in [5.41, 5.74) is 1.17. The van der Waals surface area contributed by atoms with Crippen LogP contribution in [0.5, 0.6) is 0 Å². The van der Waals surface area contributed by atoms with Gasteiger partial charge in [0, 0.05) is 49.9 Å². The van der Waals surface area contributed by atoms with Gasteiger partial charge < -0.3 is 14.4 Å². The third-order valence-corrected chi connectivity index (χ3v) is 5.66. The Labute approximate surface area is 176 Å². The molecule has 0 radical (unpaired) electrons. The van der Waals surface area contributed by atoms with E-state index in [4.69, 9.17) is 14.6 Å². The molecule has 3 heterocycles. The van der Waals surface area contributed by atoms with Crippen molar-refractivity contribution in [3.63, 3.8) is 0 Å². The molecular weight excluding hydrogens is 421 g/mol. The maximum atomic E-state index is 10.6. The lowest BCUT2D eigenvalue weighted by atomic mass is 10.1. The van der Waals surface area contributed by atoms with Crippen molar-refractivity contribution >= 4 is 17.3 Å². The topological polar surface area (TPSA) is 80.5 Å². The Balaban J connectivity index is 0.000000318. The Morgan fingerprint density at radius 1 is 1.30 bits per heavy atom. The molecule has 0 spiro atoms. The zero-order chi connectivity index (χ0) is 21.7. The monoisotopic (exact) mass is 446 g/mol. The van der Waals surface area contributed by atoms with Crippen LogP contribution in [0.25, 0.3) is 0 Å². The summed E-state index contributed by atoms with van der Waals surface area (Å²) in [5, 5.41) is 10.4. The Morgan fingerprint density at radius 2 is 2.00 bits per heavy atom. The van der Waals surface area contributed by atoms with Gasteiger partial charge in [-0.05, 0) is 25.7 Å². The Kier molecular flexibility index (Phi) is 7.48. The van der Waals surface area contributed by atoms with Gasteiger partial charge in [0.15, 0.2) is 0 Å². The first kappa shape index (κ1) is 22.7. The molecule has 1 unspecified atom stereocenters. The van der Waals surface area contributed by atoms with E-state index >= 15 is 0 Å². The molecule has 2 aromatic heterocycles. The molecule has 2 aliphatic rings. The Morgan fingerprint density at radius 3 is 2.60 bits per heavy atom. The Hall–Kier alpha value is -1.98. The maximum absolute atomic E-state index is 10.6. The molecule has 1 fully saturated rings. The van der Waals surface area contributed by atoms with E-state index in [0.717, 1.165) is 56.1 Å². The highest BCUT2D eigenvalue weighted by molar-refractivity contribution is 7.09. The highest BCUT2D eigenvalue weighted by Gasteiger charge is 2.38. The highest BCUT2D eigenvalue weighted by atomic mass is 32.1. The number of aryl methyl sites for hydroxylation is 1. The molecule has 166 valence electrons. The number of halogens is 3. The van der Waals surface area contributed by atoms with Gasteiger partial charge in [-0.2, -0.15) is 13.2 Å². The van der Waals surface area contributed by atoms with Crippen molar-refractivity contribution in [2.45, 2.75) is 45.6 Å². The van der Waals surface area contributed by atoms with Crippen molar-refractivity contribution in [2.24, 2.45) is 11.8 Å². The molecule has 30 heavy (non-hydrogen) atoms. The molecule has 4 rings (SSSR count). The third kappa shape index (κ3) is 7.06. The summed E-state index contributed by atoms with van der Waals surface area (Å²) in [7, 11) is 0. The summed E-state index contributed by atoms with van der Waals surface area (Å²) >= 11 is 1.73. The lowest BCUT2D eigenvalue weighted by molar-refractivity contribution is -0.192. The van der Waals surface area contributed by atoms with Crippen molar-refractivity contribution in [1.29, 1.82) is 0 Å². The molecule has 0 amide bonds. The predicted octanol–water partition coefficient (Wildman–Crippen LogP) is 3.34. The van der Waals surface area contributed by atoms with Crippen molar-refractivity contribution in [3.05, 3.63) is 34.3 Å². The molecule has 7 nitrogen and oxygen atoms in total. The van der Waals surface area contributed by atoms with E-state index in [9.17, 15) is 13.2 Å². The summed E-state index contributed by atoms with van der Waals surface area (Å²) in [6, 6.07) is 0. The second-order valence-electron chi connectivity index (χ2n) is 7.67. The minimum absolute atomic E-state index is 0.518. The number of aliphatic carboxylic acids is 1. The molecule has 1 saturated carbocycles. The number of carbonyl (C=O) groups is 1. The van der Waals surface area contributed by atoms with Gasteiger partial charge in [0.2, 0.25) is 0 Å². The van der Waals surface area contributed by atoms with Gasteiger partial charge in [-0.25, -0.2) is 14.8 Å². The Bertz CT molecular complexity index is 835. The van der Waals surface area contributed by atoms with Crippen LogP contribution >= 0.6 is 11.3 Å². The van der Waals surface area contributed by atoms with E-state index < -0.39 is 12.1 Å². The van der Waals surface area contributed by atoms with Crippen LogP contribution in [-0.4, -0.2) is 56.4 Å². The average Bonchev–Trinajstić information content (AvgIpc) is 3.29. The molecular formula is C19H25F3N4O3S. The number of carboxylic acids is 1. The fourth-order valence-corrected chi connectivity index (χ4v) is 3.85. The number of alkyl halides is 3. The third-order valence-electron chi connectivity index (χ3n) is 4.84. The summed E-state index contributed by atoms with van der Waals surface area (Å²) in [5.74, 6) is -0.253. The number of hydrogen-bond donors (Lipinski definition) is 1. The van der Waals surface area contributed by atoms with Crippen LogP contribution in [0, 0.1) is 18.8 Å². The van der Waals surface area contributed by atoms with Gasteiger partial charge in [-0.3, -0.25) is 4.90 Å². The second-order valence-corrected chi connectivity index (χ2v) is 8.74. The van der Waals surface area contributed by atoms with Gasteiger partial charge in [0.1, 0.15) is 5.82 Å². The molecule has 2 aromatic rings. The van der Waals surface area contributed by atoms with Crippen molar-refractivity contribution in [2.75, 3.05) is 19.8 Å². The first-order valence-corrected chi connectivity index (χ1v) is 10.6. The number of imidazole rings is 1. The first-order chi connectivity index (χ1) is 14.2. The normalized spacial score (nSPS) is 19.5. The number of carboxylic acid groups (broad SMARTS) is 1. The SMILES string of the molecule is Cc1nc(CN2Cc3nccn3CC(COCC3CC3)C2)cs1.O=C(O)C(F)(F)F. The molecule has 1 N–H and O–H groups in total. The lowest BCUT2D eigenvalue weighted by Crippen LogP contribution is -2.30. The van der Waals surface area contributed by atoms with Crippen LogP contribution in [0.4, 0.5) is 13.2 Å². The minimum atomic E-state index is -5.08. The number of thiazole rings is 1. The predicted molar refractivity (Wildman–Crippen MR) is 104 cm³/mol. The summed E-state index contributed by atoms with van der Waals surface area (Å²) < 4.78 is 40.0. The van der Waals surface area contributed by atoms with Gasteiger partial charge in [0.05, 0.1) is 23.9 Å². The number of aromatic nitrogens is 3. The largest absolute Gasteiger partial charge is 0.490 e. The number of hydrogen-bond acceptors (Lipinski definition) is 6. The summed E-state index contributed by atoms with van der Waals surface area (Å²) in [6.07, 6.45) is 1.63. The summed E-state index contributed by atoms with van der Waals surface area (Å²) in [4.78, 5) is 20.5. The fourth-order valence-electron chi connectivity index (χ4n) is 3.25. The molecule has 1 aliphatic heterocycles. The van der Waals surface area contributed by atoms with Gasteiger partial charge >= 0.3 is 12.1 Å². The number of fused-ring (bicyclic) bond motifs is 1. The van der Waals surface area contributed by atoms with E-state index in [1.807, 2.05) is 6.20 Å². The molecule has 0 saturated heterocycles. The number of rotatable bonds is 6. The van der Waals surface area contributed by atoms with E-state index in [1.165, 1.54) is 18.5 Å². The molecule has 1 aliphatic carbocycles. The zero-order valence-electron chi connectivity index (χ0n) is 16.6. The van der Waals surface area contributed by atoms with Crippen LogP contribution in [0.15, 0.2) is 17.8 Å². The van der Waals surface area contributed by atoms with Crippen LogP contribution in [0.3, 0.4) is 0 Å². The van der Waals surface area contributed by atoms with Gasteiger partial charge in [-0.1, -0.05) is 0 Å². The lowest BCUT2D eigenvalue weighted by Gasteiger charge is -2.23. The maximum Gasteiger partial charge on any atom is 0.490 e.